The Hall–Kier alpha value is -3.27. The predicted octanol–water partition coefficient (Wildman–Crippen LogP) is 4.30. The molecule has 0 spiro atoms. The number of carbonyl (C=O) groups is 1. The first-order valence-corrected chi connectivity index (χ1v) is 9.66. The molecule has 0 radical (unpaired) electrons. The molecule has 156 valence electrons. The molecule has 10 heteroatoms. The highest BCUT2D eigenvalue weighted by Gasteiger charge is 2.33. The van der Waals surface area contributed by atoms with Gasteiger partial charge in [0.2, 0.25) is 5.91 Å². The van der Waals surface area contributed by atoms with Gasteiger partial charge in [0.05, 0.1) is 17.3 Å². The van der Waals surface area contributed by atoms with E-state index in [0.717, 1.165) is 6.07 Å². The lowest BCUT2D eigenvalue weighted by Gasteiger charge is -2.11. The Morgan fingerprint density at radius 2 is 1.97 bits per heavy atom. The van der Waals surface area contributed by atoms with Crippen LogP contribution in [0.2, 0.25) is 0 Å². The zero-order valence-corrected chi connectivity index (χ0v) is 16.2. The molecule has 0 aliphatic heterocycles. The van der Waals surface area contributed by atoms with Gasteiger partial charge in [0.15, 0.2) is 11.5 Å². The minimum absolute atomic E-state index is 0.0889. The third kappa shape index (κ3) is 5.20. The van der Waals surface area contributed by atoms with E-state index in [0.29, 0.717) is 21.6 Å². The second-order valence-electron chi connectivity index (χ2n) is 6.15. The number of pyridine rings is 1. The molecule has 0 saturated heterocycles. The summed E-state index contributed by atoms with van der Waals surface area (Å²) in [5.74, 6) is -0.619. The Morgan fingerprint density at radius 1 is 1.17 bits per heavy atom. The minimum Gasteiger partial charge on any atom is -0.504 e. The Morgan fingerprint density at radius 3 is 2.70 bits per heavy atom. The maximum Gasteiger partial charge on any atom is 0.418 e. The summed E-state index contributed by atoms with van der Waals surface area (Å²) in [6.07, 6.45) is -1.79. The van der Waals surface area contributed by atoms with Gasteiger partial charge in [0.1, 0.15) is 0 Å². The fraction of sp³-hybridized carbons (Fsp3) is 0.150. The lowest BCUT2D eigenvalue weighted by molar-refractivity contribution is -0.136. The van der Waals surface area contributed by atoms with E-state index in [1.807, 2.05) is 0 Å². The summed E-state index contributed by atoms with van der Waals surface area (Å²) in [5, 5.41) is 22.8. The fourth-order valence-electron chi connectivity index (χ4n) is 2.61. The van der Waals surface area contributed by atoms with Gasteiger partial charge in [0.25, 0.3) is 0 Å². The first-order chi connectivity index (χ1) is 14.3. The largest absolute Gasteiger partial charge is 0.504 e. The normalized spacial score (nSPS) is 11.8. The molecule has 3 rings (SSSR count). The second kappa shape index (κ2) is 9.04. The van der Waals surface area contributed by atoms with Crippen LogP contribution in [0.1, 0.15) is 17.5 Å². The number of hydrogen-bond donors (Lipinski definition) is 3. The topological polar surface area (TPSA) is 94.8 Å². The molecule has 3 N–H and O–H groups in total. The monoisotopic (exact) mass is 435 g/mol. The van der Waals surface area contributed by atoms with Gasteiger partial charge in [-0.05, 0) is 35.9 Å². The molecule has 0 saturated carbocycles. The molecular formula is C20H16F3N3O3S. The number of phenolic OH excluding ortho intramolecular Hbond substituents is 2. The van der Waals surface area contributed by atoms with Crippen molar-refractivity contribution in [3.05, 3.63) is 59.8 Å². The molecule has 6 nitrogen and oxygen atoms in total. The summed E-state index contributed by atoms with van der Waals surface area (Å²) in [6, 6.07) is 9.58. The summed E-state index contributed by atoms with van der Waals surface area (Å²) in [7, 11) is 0. The highest BCUT2D eigenvalue weighted by Crippen LogP contribution is 2.36. The molecular weight excluding hydrogens is 419 g/mol. The third-order valence-electron chi connectivity index (χ3n) is 4.03. The van der Waals surface area contributed by atoms with E-state index in [-0.39, 0.29) is 29.3 Å². The number of phenols is 2. The molecule has 2 aromatic carbocycles. The van der Waals surface area contributed by atoms with Gasteiger partial charge in [-0.1, -0.05) is 12.1 Å². The first kappa shape index (κ1) is 21.4. The third-order valence-corrected chi connectivity index (χ3v) is 5.10. The summed E-state index contributed by atoms with van der Waals surface area (Å²) in [5.41, 5.74) is 1.88. The van der Waals surface area contributed by atoms with Gasteiger partial charge in [-0.3, -0.25) is 9.78 Å². The van der Waals surface area contributed by atoms with E-state index in [9.17, 15) is 28.2 Å². The molecule has 1 aromatic heterocycles. The maximum absolute atomic E-state index is 13.2. The van der Waals surface area contributed by atoms with Gasteiger partial charge in [-0.15, -0.1) is 11.8 Å². The number of rotatable bonds is 6. The number of carbonyl (C=O) groups excluding carboxylic acids is 1. The number of amides is 1. The van der Waals surface area contributed by atoms with Crippen LogP contribution in [0, 0.1) is 0 Å². The van der Waals surface area contributed by atoms with Gasteiger partial charge in [0, 0.05) is 28.7 Å². The second-order valence-corrected chi connectivity index (χ2v) is 7.29. The van der Waals surface area contributed by atoms with Crippen molar-refractivity contribution in [3.8, 4) is 11.5 Å². The highest BCUT2D eigenvalue weighted by atomic mass is 32.2. The van der Waals surface area contributed by atoms with Gasteiger partial charge in [-0.25, -0.2) is 5.43 Å². The molecule has 0 bridgehead atoms. The van der Waals surface area contributed by atoms with Crippen molar-refractivity contribution in [3.63, 3.8) is 0 Å². The van der Waals surface area contributed by atoms with Crippen LogP contribution in [0.15, 0.2) is 58.7 Å². The van der Waals surface area contributed by atoms with Crippen molar-refractivity contribution in [2.45, 2.75) is 17.5 Å². The summed E-state index contributed by atoms with van der Waals surface area (Å²) < 4.78 is 39.5. The number of thioether (sulfide) groups is 1. The van der Waals surface area contributed by atoms with Crippen molar-refractivity contribution < 1.29 is 28.2 Å². The lowest BCUT2D eigenvalue weighted by Crippen LogP contribution is -2.17. The van der Waals surface area contributed by atoms with Crippen LogP contribution in [0.3, 0.4) is 0 Å². The van der Waals surface area contributed by atoms with Gasteiger partial charge >= 0.3 is 6.18 Å². The van der Waals surface area contributed by atoms with Crippen LogP contribution >= 0.6 is 11.8 Å². The number of halogens is 3. The zero-order chi connectivity index (χ0) is 21.7. The zero-order valence-electron chi connectivity index (χ0n) is 15.3. The number of alkyl halides is 3. The van der Waals surface area contributed by atoms with Crippen LogP contribution in [0.4, 0.5) is 13.2 Å². The van der Waals surface area contributed by atoms with Crippen LogP contribution in [0.5, 0.6) is 11.5 Å². The fourth-order valence-corrected chi connectivity index (χ4v) is 3.60. The summed E-state index contributed by atoms with van der Waals surface area (Å²) >= 11 is 1.25. The maximum atomic E-state index is 13.2. The number of para-hydroxylation sites is 1. The molecule has 0 unspecified atom stereocenters. The van der Waals surface area contributed by atoms with E-state index in [4.69, 9.17) is 0 Å². The van der Waals surface area contributed by atoms with Crippen LogP contribution < -0.4 is 5.43 Å². The predicted molar refractivity (Wildman–Crippen MR) is 108 cm³/mol. The average molecular weight is 435 g/mol. The molecule has 0 aliphatic carbocycles. The quantitative estimate of drug-likeness (QED) is 0.232. The Bertz CT molecular complexity index is 1100. The van der Waals surface area contributed by atoms with Crippen molar-refractivity contribution >= 4 is 34.8 Å². The van der Waals surface area contributed by atoms with E-state index in [2.05, 4.69) is 15.5 Å². The minimum atomic E-state index is -4.50. The van der Waals surface area contributed by atoms with E-state index in [1.165, 1.54) is 48.4 Å². The molecule has 0 fully saturated rings. The number of hydrogen-bond acceptors (Lipinski definition) is 6. The molecule has 0 aliphatic rings. The van der Waals surface area contributed by atoms with Gasteiger partial charge in [-0.2, -0.15) is 18.3 Å². The Labute approximate surface area is 173 Å². The number of benzene rings is 2. The van der Waals surface area contributed by atoms with E-state index < -0.39 is 11.7 Å². The molecule has 1 amide bonds. The summed E-state index contributed by atoms with van der Waals surface area (Å²) in [6.45, 7) is 0. The number of fused-ring (bicyclic) bond motifs is 1. The smallest absolute Gasteiger partial charge is 0.418 e. The van der Waals surface area contributed by atoms with E-state index in [1.54, 1.807) is 12.1 Å². The first-order valence-electron chi connectivity index (χ1n) is 8.67. The van der Waals surface area contributed by atoms with Crippen LogP contribution in [-0.2, 0) is 11.0 Å². The number of aromatic hydroxyl groups is 2. The molecule has 3 aromatic rings. The Balaban J connectivity index is 1.58. The van der Waals surface area contributed by atoms with Crippen molar-refractivity contribution in [2.24, 2.45) is 5.10 Å². The SMILES string of the molecule is O=C(CCSc1ccnc2c(C(F)(F)F)cccc12)NN=Cc1ccc(O)c(O)c1. The number of nitrogens with zero attached hydrogens (tertiary/aromatic N) is 2. The number of aromatic nitrogens is 1. The number of nitrogens with one attached hydrogen (secondary N) is 1. The van der Waals surface area contributed by atoms with E-state index >= 15 is 0 Å². The van der Waals surface area contributed by atoms with Crippen molar-refractivity contribution in [2.75, 3.05) is 5.75 Å². The van der Waals surface area contributed by atoms with Crippen molar-refractivity contribution in [1.82, 2.24) is 10.4 Å². The van der Waals surface area contributed by atoms with Gasteiger partial charge < -0.3 is 10.2 Å². The number of hydrazone groups is 1. The molecule has 30 heavy (non-hydrogen) atoms. The lowest BCUT2D eigenvalue weighted by atomic mass is 10.1. The highest BCUT2D eigenvalue weighted by molar-refractivity contribution is 7.99. The van der Waals surface area contributed by atoms with Crippen LogP contribution in [0.25, 0.3) is 10.9 Å². The molecule has 1 heterocycles. The van der Waals surface area contributed by atoms with Crippen LogP contribution in [-0.4, -0.2) is 33.1 Å². The standard InChI is InChI=1S/C20H16F3N3O3S/c21-20(22,23)14-3-1-2-13-17(6-8-24-19(13)14)30-9-7-18(29)26-25-11-12-4-5-15(27)16(28)10-12/h1-6,8,10-11,27-28H,7,9H2,(H,26,29). The Kier molecular flexibility index (Phi) is 6.46. The summed E-state index contributed by atoms with van der Waals surface area (Å²) in [4.78, 5) is 16.4. The average Bonchev–Trinajstić information content (AvgIpc) is 2.69. The van der Waals surface area contributed by atoms with Crippen molar-refractivity contribution in [1.29, 1.82) is 0 Å². The molecule has 0 atom stereocenters.